The molecular formula is C45H18B11N3O. The molecule has 0 saturated heterocycles. The van der Waals surface area contributed by atoms with Gasteiger partial charge in [-0.15, -0.1) is 21.9 Å². The van der Waals surface area contributed by atoms with Crippen LogP contribution in [0.4, 0.5) is 0 Å². The van der Waals surface area contributed by atoms with E-state index in [4.69, 9.17) is 106 Å². The molecule has 0 bridgehead atoms. The third-order valence-electron chi connectivity index (χ3n) is 10.9. The van der Waals surface area contributed by atoms with Crippen LogP contribution in [0.2, 0.25) is 0 Å². The normalized spacial score (nSPS) is 11.4. The van der Waals surface area contributed by atoms with E-state index in [9.17, 15) is 0 Å². The predicted molar refractivity (Wildman–Crippen MR) is 259 cm³/mol. The Morgan fingerprint density at radius 1 is 0.267 bits per heavy atom. The second-order valence-electron chi connectivity index (χ2n) is 14.4. The van der Waals surface area contributed by atoms with Crippen LogP contribution >= 0.6 is 0 Å². The average Bonchev–Trinajstić information content (AvgIpc) is 3.69. The Morgan fingerprint density at radius 2 is 0.600 bits per heavy atom. The monoisotopic (exact) mass is 737 g/mol. The fraction of sp³-hybridized carbons (Fsp3) is 0. The summed E-state index contributed by atoms with van der Waals surface area (Å²) in [5, 5.41) is 0.529. The molecule has 0 aliphatic carbocycles. The Kier molecular flexibility index (Phi) is 10.1. The van der Waals surface area contributed by atoms with Gasteiger partial charge in [-0.05, 0) is 33.4 Å². The number of rotatable bonds is 6. The Morgan fingerprint density at radius 3 is 1.08 bits per heavy atom. The molecule has 0 fully saturated rings. The number of aromatic nitrogens is 3. The quantitative estimate of drug-likeness (QED) is 0.196. The van der Waals surface area contributed by atoms with Crippen LogP contribution in [0, 0.1) is 0 Å². The SMILES string of the molecule is [B]c1c([B])c([B])c(-c2c([B])c([B])c3oc4c(-c5nc(-c6ccc(-c7ccccc7)cc6)nc(-c6ccc(-c7ccccc7)cc6)n5)c([B])c([B])c([B])c4c3c2[B])c([B])c1[B]. The third-order valence-corrected chi connectivity index (χ3v) is 10.9. The van der Waals surface area contributed by atoms with Gasteiger partial charge in [-0.3, -0.25) is 0 Å². The van der Waals surface area contributed by atoms with Crippen molar-refractivity contribution in [2.24, 2.45) is 0 Å². The Bertz CT molecular complexity index is 3060. The molecule has 4 nitrogen and oxygen atoms in total. The molecule has 0 aliphatic heterocycles. The summed E-state index contributed by atoms with van der Waals surface area (Å²) >= 11 is 0. The second kappa shape index (κ2) is 15.3. The minimum atomic E-state index is -0.00951. The largest absolute Gasteiger partial charge is 0.456 e. The first kappa shape index (κ1) is 39.5. The predicted octanol–water partition coefficient (Wildman–Crippen LogP) is -1.50. The van der Waals surface area contributed by atoms with Crippen molar-refractivity contribution in [2.45, 2.75) is 0 Å². The molecular weight excluding hydrogens is 717 g/mol. The molecule has 2 aromatic heterocycles. The topological polar surface area (TPSA) is 51.8 Å². The van der Waals surface area contributed by atoms with Crippen LogP contribution in [0.5, 0.6) is 0 Å². The molecule has 0 unspecified atom stereocenters. The molecule has 0 aliphatic rings. The highest BCUT2D eigenvalue weighted by Crippen LogP contribution is 2.34. The lowest BCUT2D eigenvalue weighted by Gasteiger charge is -2.25. The molecule has 0 amide bonds. The molecule has 0 atom stereocenters. The molecule has 0 spiro atoms. The standard InChI is InChI=1S/C45H18B11N3O/c46-30-25(26-31(47)37(53)39(55)38(54)32(26)48)33(49)40(56)42-27(30)28-34(50)36(52)35(51)29(41(28)60-42)45-58-43(23-15-11-21(12-16-23)19-7-3-1-4-8-19)57-44(59-45)24-17-13-22(14-18-24)20-9-5-2-6-10-20/h1-18H. The highest BCUT2D eigenvalue weighted by molar-refractivity contribution is 6.71. The van der Waals surface area contributed by atoms with Crippen molar-refractivity contribution < 1.29 is 4.42 Å². The van der Waals surface area contributed by atoms with Gasteiger partial charge in [0.1, 0.15) is 97.5 Å². The van der Waals surface area contributed by atoms with Crippen LogP contribution in [-0.4, -0.2) is 101 Å². The van der Waals surface area contributed by atoms with Crippen molar-refractivity contribution in [2.75, 3.05) is 0 Å². The van der Waals surface area contributed by atoms with E-state index in [0.717, 1.165) is 22.3 Å². The van der Waals surface area contributed by atoms with Gasteiger partial charge in [0, 0.05) is 21.9 Å². The number of benzene rings is 7. The first-order valence-corrected chi connectivity index (χ1v) is 18.6. The van der Waals surface area contributed by atoms with Gasteiger partial charge in [0.25, 0.3) is 0 Å². The summed E-state index contributed by atoms with van der Waals surface area (Å²) in [7, 11) is 72.2. The summed E-state index contributed by atoms with van der Waals surface area (Å²) in [6, 6.07) is 35.9. The van der Waals surface area contributed by atoms with Crippen molar-refractivity contribution >= 4 is 168 Å². The molecule has 0 saturated carbocycles. The Balaban J connectivity index is 1.30. The molecule has 2 heterocycles. The zero-order valence-electron chi connectivity index (χ0n) is 32.0. The maximum absolute atomic E-state index is 6.97. The van der Waals surface area contributed by atoms with E-state index < -0.39 is 0 Å². The summed E-state index contributed by atoms with van der Waals surface area (Å²) in [6.07, 6.45) is 0. The molecule has 0 N–H and O–H groups in total. The number of fused-ring (bicyclic) bond motifs is 3. The number of hydrogen-bond acceptors (Lipinski definition) is 4. The molecule has 15 heteroatoms. The molecule has 9 rings (SSSR count). The fourth-order valence-corrected chi connectivity index (χ4v) is 7.62. The number of hydrogen-bond donors (Lipinski definition) is 0. The molecule has 60 heavy (non-hydrogen) atoms. The van der Waals surface area contributed by atoms with Crippen LogP contribution in [0.1, 0.15) is 0 Å². The van der Waals surface area contributed by atoms with Crippen LogP contribution in [0.25, 0.3) is 89.5 Å². The van der Waals surface area contributed by atoms with E-state index in [0.29, 0.717) is 22.8 Å². The van der Waals surface area contributed by atoms with E-state index in [1.165, 1.54) is 0 Å². The second-order valence-corrected chi connectivity index (χ2v) is 14.4. The fourth-order valence-electron chi connectivity index (χ4n) is 7.62. The van der Waals surface area contributed by atoms with Gasteiger partial charge in [0.2, 0.25) is 0 Å². The summed E-state index contributed by atoms with van der Waals surface area (Å²) < 4.78 is 6.55. The third kappa shape index (κ3) is 6.36. The van der Waals surface area contributed by atoms with Crippen LogP contribution in [0.15, 0.2) is 114 Å². The smallest absolute Gasteiger partial charge is 0.167 e. The van der Waals surface area contributed by atoms with Crippen LogP contribution < -0.4 is 60.1 Å². The van der Waals surface area contributed by atoms with Crippen molar-refractivity contribution in [3.63, 3.8) is 0 Å². The van der Waals surface area contributed by atoms with Gasteiger partial charge in [-0.1, -0.05) is 147 Å². The Hall–Kier alpha value is -5.94. The van der Waals surface area contributed by atoms with Crippen LogP contribution in [-0.2, 0) is 0 Å². The summed E-state index contributed by atoms with van der Waals surface area (Å²) in [5.41, 5.74) is 6.53. The van der Waals surface area contributed by atoms with E-state index in [-0.39, 0.29) is 105 Å². The zero-order valence-corrected chi connectivity index (χ0v) is 32.0. The lowest BCUT2D eigenvalue weighted by atomic mass is 9.57. The molecule has 9 aromatic rings. The van der Waals surface area contributed by atoms with Crippen LogP contribution in [0.3, 0.4) is 0 Å². The lowest BCUT2D eigenvalue weighted by molar-refractivity contribution is 0.673. The maximum atomic E-state index is 6.97. The van der Waals surface area contributed by atoms with E-state index in [1.807, 2.05) is 109 Å². The first-order valence-electron chi connectivity index (χ1n) is 18.6. The van der Waals surface area contributed by atoms with E-state index in [1.54, 1.807) is 0 Å². The molecule has 252 valence electrons. The maximum Gasteiger partial charge on any atom is 0.167 e. The Labute approximate surface area is 362 Å². The summed E-state index contributed by atoms with van der Waals surface area (Å²) in [4.78, 5) is 14.9. The average molecular weight is 736 g/mol. The zero-order chi connectivity index (χ0) is 42.1. The summed E-state index contributed by atoms with van der Waals surface area (Å²) in [6.45, 7) is 0. The van der Waals surface area contributed by atoms with Gasteiger partial charge in [-0.2, -0.15) is 0 Å². The highest BCUT2D eigenvalue weighted by atomic mass is 16.3. The van der Waals surface area contributed by atoms with Gasteiger partial charge < -0.3 is 4.42 Å². The van der Waals surface area contributed by atoms with E-state index >= 15 is 0 Å². The van der Waals surface area contributed by atoms with Crippen molar-refractivity contribution in [3.8, 4) is 67.5 Å². The lowest BCUT2D eigenvalue weighted by Crippen LogP contribution is -2.56. The minimum Gasteiger partial charge on any atom is -0.456 e. The van der Waals surface area contributed by atoms with Crippen molar-refractivity contribution in [1.29, 1.82) is 0 Å². The first-order chi connectivity index (χ1) is 28.8. The van der Waals surface area contributed by atoms with Crippen molar-refractivity contribution in [1.82, 2.24) is 15.0 Å². The van der Waals surface area contributed by atoms with Gasteiger partial charge in [0.05, 0.1) is 5.56 Å². The highest BCUT2D eigenvalue weighted by Gasteiger charge is 2.27. The molecule has 22 radical (unpaired) electrons. The summed E-state index contributed by atoms with van der Waals surface area (Å²) in [5.74, 6) is 0.854. The van der Waals surface area contributed by atoms with Gasteiger partial charge in [-0.25, -0.2) is 15.0 Å². The number of furan rings is 1. The van der Waals surface area contributed by atoms with Gasteiger partial charge in [0.15, 0.2) is 17.5 Å². The molecule has 7 aromatic carbocycles. The minimum absolute atomic E-state index is 0.000386. The van der Waals surface area contributed by atoms with Crippen molar-refractivity contribution in [3.05, 3.63) is 109 Å². The number of nitrogens with zero attached hydrogens (tertiary/aromatic N) is 3. The van der Waals surface area contributed by atoms with E-state index in [2.05, 4.69) is 0 Å². The van der Waals surface area contributed by atoms with Gasteiger partial charge >= 0.3 is 0 Å².